The number of fused-ring (bicyclic) bond motifs is 1. The number of ether oxygens (including phenoxy) is 1. The van der Waals surface area contributed by atoms with Gasteiger partial charge in [0.1, 0.15) is 6.61 Å². The zero-order chi connectivity index (χ0) is 17.2. The van der Waals surface area contributed by atoms with Gasteiger partial charge in [0.15, 0.2) is 0 Å². The van der Waals surface area contributed by atoms with Crippen LogP contribution in [0.4, 0.5) is 0 Å². The van der Waals surface area contributed by atoms with E-state index in [1.54, 1.807) is 24.1 Å². The summed E-state index contributed by atoms with van der Waals surface area (Å²) in [6.07, 6.45) is 3.71. The van der Waals surface area contributed by atoms with Crippen molar-refractivity contribution < 1.29 is 14.1 Å². The Balaban J connectivity index is 1.52. The average molecular weight is 338 g/mol. The molecule has 7 heteroatoms. The minimum Gasteiger partial charge on any atom is -0.475 e. The van der Waals surface area contributed by atoms with Gasteiger partial charge in [-0.1, -0.05) is 11.2 Å². The van der Waals surface area contributed by atoms with E-state index in [0.29, 0.717) is 31.3 Å². The molecule has 25 heavy (non-hydrogen) atoms. The van der Waals surface area contributed by atoms with Gasteiger partial charge in [-0.25, -0.2) is 4.98 Å². The van der Waals surface area contributed by atoms with E-state index < -0.39 is 0 Å². The number of nitrogens with zero attached hydrogens (tertiary/aromatic N) is 4. The third kappa shape index (κ3) is 3.13. The molecule has 1 amide bonds. The number of carbonyl (C=O) groups excluding carboxylic acids is 1. The molecule has 0 saturated carbocycles. The largest absolute Gasteiger partial charge is 0.475 e. The third-order valence-corrected chi connectivity index (χ3v) is 4.23. The average Bonchev–Trinajstić information content (AvgIpc) is 3.28. The molecule has 7 nitrogen and oxygen atoms in total. The lowest BCUT2D eigenvalue weighted by Gasteiger charge is -2.34. The first-order valence-electron chi connectivity index (χ1n) is 8.13. The molecular weight excluding hydrogens is 320 g/mol. The van der Waals surface area contributed by atoms with E-state index >= 15 is 0 Å². The van der Waals surface area contributed by atoms with Crippen molar-refractivity contribution in [2.45, 2.75) is 19.5 Å². The lowest BCUT2D eigenvalue weighted by molar-refractivity contribution is 0.0605. The van der Waals surface area contributed by atoms with E-state index in [4.69, 9.17) is 9.26 Å². The predicted molar refractivity (Wildman–Crippen MR) is 89.2 cm³/mol. The van der Waals surface area contributed by atoms with Crippen molar-refractivity contribution in [3.05, 3.63) is 65.9 Å². The van der Waals surface area contributed by atoms with Crippen molar-refractivity contribution in [3.63, 3.8) is 0 Å². The highest BCUT2D eigenvalue weighted by atomic mass is 16.5. The zero-order valence-corrected chi connectivity index (χ0v) is 13.8. The summed E-state index contributed by atoms with van der Waals surface area (Å²) in [5.41, 5.74) is 1.75. The van der Waals surface area contributed by atoms with Crippen LogP contribution in [0.1, 0.15) is 28.0 Å². The van der Waals surface area contributed by atoms with E-state index in [1.165, 1.54) is 0 Å². The standard InChI is InChI=1S/C18H18N4O3/c1-13-9-16(25-20-13)18(23)21-10-14-5-4-8-22(14)15(11-21)12-24-17-6-2-3-7-19-17/h2-9,15H,10-12H2,1H3/t15-/m1/s1. The summed E-state index contributed by atoms with van der Waals surface area (Å²) < 4.78 is 13.1. The number of amides is 1. The molecule has 0 aliphatic carbocycles. The quantitative estimate of drug-likeness (QED) is 0.730. The Morgan fingerprint density at radius 2 is 2.28 bits per heavy atom. The molecule has 0 spiro atoms. The minimum absolute atomic E-state index is 0.00808. The molecule has 0 radical (unpaired) electrons. The minimum atomic E-state index is -0.157. The molecule has 0 aromatic carbocycles. The fourth-order valence-corrected chi connectivity index (χ4v) is 3.04. The molecule has 0 N–H and O–H groups in total. The topological polar surface area (TPSA) is 73.4 Å². The first-order chi connectivity index (χ1) is 12.2. The highest BCUT2D eigenvalue weighted by Crippen LogP contribution is 2.24. The van der Waals surface area contributed by atoms with Crippen LogP contribution in [0.2, 0.25) is 0 Å². The van der Waals surface area contributed by atoms with Crippen LogP contribution in [0.25, 0.3) is 0 Å². The van der Waals surface area contributed by atoms with Crippen LogP contribution in [0.3, 0.4) is 0 Å². The summed E-state index contributed by atoms with van der Waals surface area (Å²) >= 11 is 0. The Morgan fingerprint density at radius 3 is 3.04 bits per heavy atom. The van der Waals surface area contributed by atoms with E-state index in [0.717, 1.165) is 5.69 Å². The van der Waals surface area contributed by atoms with Gasteiger partial charge in [-0.3, -0.25) is 4.79 Å². The van der Waals surface area contributed by atoms with Crippen molar-refractivity contribution in [3.8, 4) is 5.88 Å². The van der Waals surface area contributed by atoms with E-state index in [2.05, 4.69) is 14.7 Å². The summed E-state index contributed by atoms with van der Waals surface area (Å²) in [6.45, 7) is 3.29. The van der Waals surface area contributed by atoms with Crippen LogP contribution in [0.5, 0.6) is 5.88 Å². The maximum absolute atomic E-state index is 12.7. The summed E-state index contributed by atoms with van der Waals surface area (Å²) in [7, 11) is 0. The Kier molecular flexibility index (Phi) is 3.97. The monoisotopic (exact) mass is 338 g/mol. The summed E-state index contributed by atoms with van der Waals surface area (Å²) in [4.78, 5) is 18.6. The molecule has 3 aromatic heterocycles. The molecule has 1 aliphatic heterocycles. The fraction of sp³-hybridized carbons (Fsp3) is 0.278. The SMILES string of the molecule is Cc1cc(C(=O)N2Cc3cccn3[C@@H](COc3ccccn3)C2)on1. The molecule has 0 unspecified atom stereocenters. The second-order valence-electron chi connectivity index (χ2n) is 6.06. The third-order valence-electron chi connectivity index (χ3n) is 4.23. The summed E-state index contributed by atoms with van der Waals surface area (Å²) in [5, 5.41) is 3.80. The number of carbonyl (C=O) groups is 1. The molecule has 4 rings (SSSR count). The number of pyridine rings is 1. The molecule has 0 fully saturated rings. The molecule has 0 saturated heterocycles. The molecule has 0 bridgehead atoms. The Hall–Kier alpha value is -3.09. The van der Waals surface area contributed by atoms with Gasteiger partial charge in [0, 0.05) is 36.8 Å². The van der Waals surface area contributed by atoms with Gasteiger partial charge >= 0.3 is 0 Å². The molecule has 3 aromatic rings. The lowest BCUT2D eigenvalue weighted by atomic mass is 10.2. The van der Waals surface area contributed by atoms with Crippen molar-refractivity contribution in [1.29, 1.82) is 0 Å². The van der Waals surface area contributed by atoms with Crippen molar-refractivity contribution in [2.75, 3.05) is 13.2 Å². The second-order valence-corrected chi connectivity index (χ2v) is 6.06. The van der Waals surface area contributed by atoms with E-state index in [1.807, 2.05) is 36.5 Å². The number of aryl methyl sites for hydroxylation is 1. The van der Waals surface area contributed by atoms with Gasteiger partial charge in [-0.15, -0.1) is 0 Å². The van der Waals surface area contributed by atoms with Gasteiger partial charge in [-0.2, -0.15) is 0 Å². The highest BCUT2D eigenvalue weighted by Gasteiger charge is 2.30. The predicted octanol–water partition coefficient (Wildman–Crippen LogP) is 2.46. The second kappa shape index (κ2) is 6.43. The van der Waals surface area contributed by atoms with Crippen molar-refractivity contribution in [2.24, 2.45) is 0 Å². The Morgan fingerprint density at radius 1 is 1.36 bits per heavy atom. The summed E-state index contributed by atoms with van der Waals surface area (Å²) in [5.74, 6) is 0.684. The lowest BCUT2D eigenvalue weighted by Crippen LogP contribution is -2.42. The van der Waals surface area contributed by atoms with Crippen LogP contribution in [-0.2, 0) is 6.54 Å². The fourth-order valence-electron chi connectivity index (χ4n) is 3.04. The van der Waals surface area contributed by atoms with Crippen LogP contribution < -0.4 is 4.74 Å². The van der Waals surface area contributed by atoms with Gasteiger partial charge < -0.3 is 18.7 Å². The van der Waals surface area contributed by atoms with E-state index in [-0.39, 0.29) is 17.7 Å². The normalized spacial score (nSPS) is 16.5. The van der Waals surface area contributed by atoms with Crippen LogP contribution in [0, 0.1) is 6.92 Å². The van der Waals surface area contributed by atoms with Gasteiger partial charge in [-0.05, 0) is 25.1 Å². The van der Waals surface area contributed by atoms with Crippen LogP contribution in [-0.4, -0.2) is 38.7 Å². The Labute approximate surface area is 144 Å². The summed E-state index contributed by atoms with van der Waals surface area (Å²) in [6, 6.07) is 11.2. The number of hydrogen-bond acceptors (Lipinski definition) is 5. The molecular formula is C18H18N4O3. The maximum Gasteiger partial charge on any atom is 0.292 e. The zero-order valence-electron chi connectivity index (χ0n) is 13.8. The van der Waals surface area contributed by atoms with Gasteiger partial charge in [0.25, 0.3) is 5.91 Å². The highest BCUT2D eigenvalue weighted by molar-refractivity contribution is 5.91. The van der Waals surface area contributed by atoms with Gasteiger partial charge in [0.05, 0.1) is 18.3 Å². The first-order valence-corrected chi connectivity index (χ1v) is 8.13. The Bertz CT molecular complexity index is 871. The first kappa shape index (κ1) is 15.4. The van der Waals surface area contributed by atoms with Crippen LogP contribution >= 0.6 is 0 Å². The molecule has 4 heterocycles. The molecule has 1 atom stereocenters. The number of hydrogen-bond donors (Lipinski definition) is 0. The number of rotatable bonds is 4. The number of aromatic nitrogens is 3. The van der Waals surface area contributed by atoms with Gasteiger partial charge in [0.2, 0.25) is 11.6 Å². The van der Waals surface area contributed by atoms with Crippen molar-refractivity contribution in [1.82, 2.24) is 19.6 Å². The van der Waals surface area contributed by atoms with E-state index in [9.17, 15) is 4.79 Å². The smallest absolute Gasteiger partial charge is 0.292 e. The van der Waals surface area contributed by atoms with Crippen LogP contribution in [0.15, 0.2) is 53.3 Å². The van der Waals surface area contributed by atoms with Crippen molar-refractivity contribution >= 4 is 5.91 Å². The molecule has 128 valence electrons. The molecule has 1 aliphatic rings. The maximum atomic E-state index is 12.7.